The third kappa shape index (κ3) is 3.44. The summed E-state index contributed by atoms with van der Waals surface area (Å²) in [5.74, 6) is -0.384. The molecule has 1 unspecified atom stereocenters. The first kappa shape index (κ1) is 15.4. The molecule has 1 rings (SSSR count). The molecule has 1 atom stereocenters. The quantitative estimate of drug-likeness (QED) is 0.857. The van der Waals surface area contributed by atoms with Gasteiger partial charge in [-0.25, -0.2) is 4.39 Å². The highest BCUT2D eigenvalue weighted by molar-refractivity contribution is 6.30. The lowest BCUT2D eigenvalue weighted by molar-refractivity contribution is 0.167. The Morgan fingerprint density at radius 1 is 1.33 bits per heavy atom. The predicted octanol–water partition coefficient (Wildman–Crippen LogP) is 3.60. The van der Waals surface area contributed by atoms with Gasteiger partial charge < -0.3 is 5.73 Å². The Morgan fingerprint density at radius 3 is 2.39 bits per heavy atom. The Kier molecular flexibility index (Phi) is 6.06. The fourth-order valence-corrected chi connectivity index (χ4v) is 2.49. The molecule has 4 heteroatoms. The van der Waals surface area contributed by atoms with Gasteiger partial charge in [-0.05, 0) is 37.6 Å². The highest BCUT2D eigenvalue weighted by atomic mass is 35.5. The smallest absolute Gasteiger partial charge is 0.142 e. The number of nitrogens with two attached hydrogens (primary N) is 1. The standard InChI is InChI=1S/C14H22ClFN2/c1-4-11(5-2)18(3)14(9-17)10-6-7-12(15)13(16)8-10/h6-8,11,14H,4-5,9,17H2,1-3H3. The van der Waals surface area contributed by atoms with E-state index >= 15 is 0 Å². The molecule has 0 fully saturated rings. The topological polar surface area (TPSA) is 29.3 Å². The molecule has 0 aliphatic rings. The van der Waals surface area contributed by atoms with Crippen LogP contribution in [0.5, 0.6) is 0 Å². The number of benzene rings is 1. The zero-order valence-electron chi connectivity index (χ0n) is 11.3. The van der Waals surface area contributed by atoms with E-state index in [4.69, 9.17) is 17.3 Å². The third-order valence-electron chi connectivity index (χ3n) is 3.56. The van der Waals surface area contributed by atoms with Crippen LogP contribution in [-0.4, -0.2) is 24.5 Å². The molecule has 0 amide bonds. The monoisotopic (exact) mass is 272 g/mol. The lowest BCUT2D eigenvalue weighted by Crippen LogP contribution is -2.38. The molecule has 0 aliphatic carbocycles. The van der Waals surface area contributed by atoms with Crippen molar-refractivity contribution < 1.29 is 4.39 Å². The van der Waals surface area contributed by atoms with Crippen molar-refractivity contribution in [1.29, 1.82) is 0 Å². The predicted molar refractivity (Wildman–Crippen MR) is 75.3 cm³/mol. The molecule has 0 radical (unpaired) electrons. The van der Waals surface area contributed by atoms with Gasteiger partial charge in [-0.2, -0.15) is 0 Å². The summed E-state index contributed by atoms with van der Waals surface area (Å²) in [4.78, 5) is 2.22. The van der Waals surface area contributed by atoms with Crippen LogP contribution in [0.2, 0.25) is 5.02 Å². The first-order chi connectivity index (χ1) is 8.54. The van der Waals surface area contributed by atoms with Gasteiger partial charge in [-0.3, -0.25) is 4.90 Å². The molecule has 0 bridgehead atoms. The molecule has 1 aromatic carbocycles. The zero-order valence-corrected chi connectivity index (χ0v) is 12.0. The van der Waals surface area contributed by atoms with Crippen molar-refractivity contribution in [2.75, 3.05) is 13.6 Å². The van der Waals surface area contributed by atoms with E-state index in [0.29, 0.717) is 12.6 Å². The van der Waals surface area contributed by atoms with Crippen molar-refractivity contribution in [3.05, 3.63) is 34.6 Å². The van der Waals surface area contributed by atoms with Crippen molar-refractivity contribution in [3.63, 3.8) is 0 Å². The molecule has 1 aromatic rings. The average Bonchev–Trinajstić information content (AvgIpc) is 2.36. The summed E-state index contributed by atoms with van der Waals surface area (Å²) in [5, 5.41) is 0.153. The van der Waals surface area contributed by atoms with Gasteiger partial charge in [0, 0.05) is 18.6 Å². The Morgan fingerprint density at radius 2 is 1.94 bits per heavy atom. The van der Waals surface area contributed by atoms with Gasteiger partial charge in [0.1, 0.15) is 5.82 Å². The summed E-state index contributed by atoms with van der Waals surface area (Å²) in [5.41, 5.74) is 6.73. The first-order valence-corrected chi connectivity index (χ1v) is 6.79. The number of rotatable bonds is 6. The van der Waals surface area contributed by atoms with Crippen molar-refractivity contribution in [2.45, 2.75) is 38.8 Å². The van der Waals surface area contributed by atoms with E-state index in [2.05, 4.69) is 18.7 Å². The molecule has 0 aromatic heterocycles. The van der Waals surface area contributed by atoms with Crippen molar-refractivity contribution in [2.24, 2.45) is 5.73 Å². The van der Waals surface area contributed by atoms with E-state index in [-0.39, 0.29) is 16.9 Å². The minimum Gasteiger partial charge on any atom is -0.329 e. The average molecular weight is 273 g/mol. The van der Waals surface area contributed by atoms with Crippen LogP contribution in [0.4, 0.5) is 4.39 Å². The molecular formula is C14H22ClFN2. The van der Waals surface area contributed by atoms with Crippen molar-refractivity contribution >= 4 is 11.6 Å². The van der Waals surface area contributed by atoms with Crippen molar-refractivity contribution in [3.8, 4) is 0 Å². The number of hydrogen-bond donors (Lipinski definition) is 1. The zero-order chi connectivity index (χ0) is 13.7. The van der Waals surface area contributed by atoms with Gasteiger partial charge in [-0.15, -0.1) is 0 Å². The molecule has 102 valence electrons. The number of hydrogen-bond acceptors (Lipinski definition) is 2. The van der Waals surface area contributed by atoms with Crippen LogP contribution in [0, 0.1) is 5.82 Å². The van der Waals surface area contributed by atoms with E-state index in [1.807, 2.05) is 13.1 Å². The Balaban J connectivity index is 2.97. The first-order valence-electron chi connectivity index (χ1n) is 6.42. The van der Waals surface area contributed by atoms with E-state index < -0.39 is 0 Å². The van der Waals surface area contributed by atoms with Crippen LogP contribution in [-0.2, 0) is 0 Å². The second-order valence-electron chi connectivity index (χ2n) is 4.56. The second kappa shape index (κ2) is 7.07. The maximum atomic E-state index is 13.5. The summed E-state index contributed by atoms with van der Waals surface area (Å²) in [7, 11) is 2.04. The Hall–Kier alpha value is -0.640. The van der Waals surface area contributed by atoms with Crippen molar-refractivity contribution in [1.82, 2.24) is 4.90 Å². The van der Waals surface area contributed by atoms with Gasteiger partial charge in [0.05, 0.1) is 5.02 Å². The summed E-state index contributed by atoms with van der Waals surface area (Å²) in [6.45, 7) is 4.77. The normalized spacial score (nSPS) is 13.3. The molecule has 2 nitrogen and oxygen atoms in total. The van der Waals surface area contributed by atoms with E-state index in [0.717, 1.165) is 18.4 Å². The minimum absolute atomic E-state index is 0.0293. The minimum atomic E-state index is -0.384. The summed E-state index contributed by atoms with van der Waals surface area (Å²) in [6, 6.07) is 5.41. The van der Waals surface area contributed by atoms with Crippen LogP contribution >= 0.6 is 11.6 Å². The molecule has 0 saturated heterocycles. The van der Waals surface area contributed by atoms with E-state index in [1.54, 1.807) is 6.07 Å². The highest BCUT2D eigenvalue weighted by Gasteiger charge is 2.21. The molecule has 0 spiro atoms. The van der Waals surface area contributed by atoms with Gasteiger partial charge in [0.2, 0.25) is 0 Å². The fraction of sp³-hybridized carbons (Fsp3) is 0.571. The molecule has 0 aliphatic heterocycles. The van der Waals surface area contributed by atoms with E-state index in [1.165, 1.54) is 6.07 Å². The molecular weight excluding hydrogens is 251 g/mol. The fourth-order valence-electron chi connectivity index (χ4n) is 2.38. The largest absolute Gasteiger partial charge is 0.329 e. The number of likely N-dealkylation sites (N-methyl/N-ethyl adjacent to an activating group) is 1. The Labute approximate surface area is 114 Å². The highest BCUT2D eigenvalue weighted by Crippen LogP contribution is 2.25. The van der Waals surface area contributed by atoms with Crippen LogP contribution in [0.1, 0.15) is 38.3 Å². The van der Waals surface area contributed by atoms with Gasteiger partial charge in [0.25, 0.3) is 0 Å². The summed E-state index contributed by atoms with van der Waals surface area (Å²) >= 11 is 5.71. The lowest BCUT2D eigenvalue weighted by atomic mass is 10.0. The third-order valence-corrected chi connectivity index (χ3v) is 3.87. The van der Waals surface area contributed by atoms with Gasteiger partial charge in [0.15, 0.2) is 0 Å². The van der Waals surface area contributed by atoms with Gasteiger partial charge >= 0.3 is 0 Å². The molecule has 0 saturated carbocycles. The summed E-state index contributed by atoms with van der Waals surface area (Å²) in [6.07, 6.45) is 2.11. The van der Waals surface area contributed by atoms with Crippen LogP contribution in [0.15, 0.2) is 18.2 Å². The molecule has 18 heavy (non-hydrogen) atoms. The van der Waals surface area contributed by atoms with E-state index in [9.17, 15) is 4.39 Å². The lowest BCUT2D eigenvalue weighted by Gasteiger charge is -2.34. The molecule has 2 N–H and O–H groups in total. The van der Waals surface area contributed by atoms with Crippen LogP contribution in [0.3, 0.4) is 0 Å². The summed E-state index contributed by atoms with van der Waals surface area (Å²) < 4.78 is 13.5. The Bertz CT molecular complexity index is 380. The SMILES string of the molecule is CCC(CC)N(C)C(CN)c1ccc(Cl)c(F)c1. The second-order valence-corrected chi connectivity index (χ2v) is 4.97. The number of halogens is 2. The number of nitrogens with zero attached hydrogens (tertiary/aromatic N) is 1. The van der Waals surface area contributed by atoms with Gasteiger partial charge in [-0.1, -0.05) is 31.5 Å². The van der Waals surface area contributed by atoms with Crippen LogP contribution < -0.4 is 5.73 Å². The van der Waals surface area contributed by atoms with Crippen LogP contribution in [0.25, 0.3) is 0 Å². The molecule has 0 heterocycles. The maximum absolute atomic E-state index is 13.5. The maximum Gasteiger partial charge on any atom is 0.142 e.